The Bertz CT molecular complexity index is 852. The van der Waals surface area contributed by atoms with Crippen molar-refractivity contribution in [3.8, 4) is 22.8 Å². The number of aromatic carboxylic acids is 1. The van der Waals surface area contributed by atoms with Crippen molar-refractivity contribution in [2.24, 2.45) is 0 Å². The van der Waals surface area contributed by atoms with Crippen LogP contribution in [0.15, 0.2) is 29.8 Å². The van der Waals surface area contributed by atoms with Crippen molar-refractivity contribution < 1.29 is 19.4 Å². The normalized spacial score (nSPS) is 13.5. The van der Waals surface area contributed by atoms with Crippen molar-refractivity contribution in [1.82, 2.24) is 9.38 Å². The van der Waals surface area contributed by atoms with Crippen LogP contribution in [0.5, 0.6) is 11.5 Å². The third-order valence-electron chi connectivity index (χ3n) is 3.27. The summed E-state index contributed by atoms with van der Waals surface area (Å²) >= 11 is 1.40. The zero-order valence-electron chi connectivity index (χ0n) is 10.8. The van der Waals surface area contributed by atoms with Gasteiger partial charge < -0.3 is 14.6 Å². The first-order valence-corrected chi connectivity index (χ1v) is 7.20. The lowest BCUT2D eigenvalue weighted by Gasteiger charge is -2.18. The topological polar surface area (TPSA) is 73.1 Å². The molecular formula is C14H10N2O4S. The van der Waals surface area contributed by atoms with Crippen LogP contribution in [0.25, 0.3) is 16.2 Å². The molecule has 106 valence electrons. The maximum absolute atomic E-state index is 11.0. The summed E-state index contributed by atoms with van der Waals surface area (Å²) < 4.78 is 12.9. The van der Waals surface area contributed by atoms with Crippen molar-refractivity contribution >= 4 is 22.3 Å². The Balaban J connectivity index is 1.84. The molecule has 0 aliphatic carbocycles. The van der Waals surface area contributed by atoms with Gasteiger partial charge in [0, 0.05) is 17.1 Å². The SMILES string of the molecule is O=C(O)c1cn2c(-c3ccc4c(c3)OCCO4)csc2n1. The van der Waals surface area contributed by atoms with E-state index in [4.69, 9.17) is 14.6 Å². The van der Waals surface area contributed by atoms with Gasteiger partial charge in [-0.1, -0.05) is 0 Å². The molecule has 0 atom stereocenters. The van der Waals surface area contributed by atoms with Gasteiger partial charge in [0.15, 0.2) is 22.2 Å². The van der Waals surface area contributed by atoms with Gasteiger partial charge in [0.2, 0.25) is 0 Å². The lowest BCUT2D eigenvalue weighted by atomic mass is 10.1. The number of hydrogen-bond acceptors (Lipinski definition) is 5. The van der Waals surface area contributed by atoms with Crippen molar-refractivity contribution in [1.29, 1.82) is 0 Å². The monoisotopic (exact) mass is 302 g/mol. The highest BCUT2D eigenvalue weighted by atomic mass is 32.1. The van der Waals surface area contributed by atoms with E-state index in [1.165, 1.54) is 17.5 Å². The van der Waals surface area contributed by atoms with Crippen LogP contribution in [-0.2, 0) is 0 Å². The van der Waals surface area contributed by atoms with Gasteiger partial charge in [-0.2, -0.15) is 0 Å². The van der Waals surface area contributed by atoms with Gasteiger partial charge in [0.05, 0.1) is 5.69 Å². The van der Waals surface area contributed by atoms with Crippen LogP contribution in [0.2, 0.25) is 0 Å². The van der Waals surface area contributed by atoms with Crippen LogP contribution in [0, 0.1) is 0 Å². The van der Waals surface area contributed by atoms with Gasteiger partial charge in [0.1, 0.15) is 13.2 Å². The van der Waals surface area contributed by atoms with Gasteiger partial charge in [-0.15, -0.1) is 11.3 Å². The molecule has 1 N–H and O–H groups in total. The summed E-state index contributed by atoms with van der Waals surface area (Å²) in [7, 11) is 0. The van der Waals surface area contributed by atoms with Gasteiger partial charge in [-0.3, -0.25) is 4.40 Å². The standard InChI is InChI=1S/C14H10N2O4S/c17-13(18)9-6-16-10(7-21-14(16)15-9)8-1-2-11-12(5-8)20-4-3-19-11/h1-2,5-7H,3-4H2,(H,17,18). The van der Waals surface area contributed by atoms with Gasteiger partial charge in [-0.05, 0) is 18.2 Å². The highest BCUT2D eigenvalue weighted by Crippen LogP contribution is 2.35. The molecule has 0 amide bonds. The Hall–Kier alpha value is -2.54. The Morgan fingerprint density at radius 2 is 2.10 bits per heavy atom. The number of benzene rings is 1. The molecule has 0 radical (unpaired) electrons. The third kappa shape index (κ3) is 1.93. The lowest BCUT2D eigenvalue weighted by Crippen LogP contribution is -2.15. The minimum Gasteiger partial charge on any atom is -0.486 e. The molecule has 21 heavy (non-hydrogen) atoms. The average Bonchev–Trinajstić information content (AvgIpc) is 3.07. The number of thiazole rings is 1. The van der Waals surface area contributed by atoms with Crippen LogP contribution in [0.1, 0.15) is 10.5 Å². The molecule has 0 saturated carbocycles. The predicted molar refractivity (Wildman–Crippen MR) is 76.5 cm³/mol. The maximum atomic E-state index is 11.0. The highest BCUT2D eigenvalue weighted by molar-refractivity contribution is 7.15. The number of rotatable bonds is 2. The highest BCUT2D eigenvalue weighted by Gasteiger charge is 2.16. The first-order valence-electron chi connectivity index (χ1n) is 6.32. The van der Waals surface area contributed by atoms with Crippen LogP contribution in [0.4, 0.5) is 0 Å². The summed E-state index contributed by atoms with van der Waals surface area (Å²) in [5.41, 5.74) is 1.85. The Labute approximate surface area is 123 Å². The van der Waals surface area contributed by atoms with E-state index < -0.39 is 5.97 Å². The molecule has 0 fully saturated rings. The minimum atomic E-state index is -1.03. The van der Waals surface area contributed by atoms with E-state index in [0.29, 0.717) is 23.9 Å². The van der Waals surface area contributed by atoms with Crippen LogP contribution in [-0.4, -0.2) is 33.7 Å². The molecule has 3 heterocycles. The lowest BCUT2D eigenvalue weighted by molar-refractivity contribution is 0.0691. The zero-order chi connectivity index (χ0) is 14.4. The van der Waals surface area contributed by atoms with Gasteiger partial charge in [0.25, 0.3) is 0 Å². The van der Waals surface area contributed by atoms with E-state index in [-0.39, 0.29) is 5.69 Å². The number of imidazole rings is 1. The molecule has 1 aromatic carbocycles. The van der Waals surface area contributed by atoms with E-state index in [1.54, 1.807) is 4.40 Å². The quantitative estimate of drug-likeness (QED) is 0.787. The molecule has 0 saturated heterocycles. The summed E-state index contributed by atoms with van der Waals surface area (Å²) in [5.74, 6) is 0.407. The molecule has 1 aliphatic heterocycles. The second-order valence-corrected chi connectivity index (χ2v) is 5.40. The Morgan fingerprint density at radius 3 is 2.90 bits per heavy atom. The number of hydrogen-bond donors (Lipinski definition) is 1. The van der Waals surface area contributed by atoms with Gasteiger partial charge >= 0.3 is 5.97 Å². The molecule has 3 aromatic rings. The smallest absolute Gasteiger partial charge is 0.356 e. The molecule has 4 rings (SSSR count). The maximum Gasteiger partial charge on any atom is 0.356 e. The summed E-state index contributed by atoms with van der Waals surface area (Å²) in [4.78, 5) is 15.7. The van der Waals surface area contributed by atoms with Crippen LogP contribution >= 0.6 is 11.3 Å². The number of carbonyl (C=O) groups is 1. The molecule has 6 nitrogen and oxygen atoms in total. The fourth-order valence-corrected chi connectivity index (χ4v) is 3.18. The fraction of sp³-hybridized carbons (Fsp3) is 0.143. The molecule has 0 bridgehead atoms. The fourth-order valence-electron chi connectivity index (χ4n) is 2.30. The predicted octanol–water partition coefficient (Wildman–Crippen LogP) is 2.53. The first-order chi connectivity index (χ1) is 10.2. The van der Waals surface area contributed by atoms with Crippen LogP contribution < -0.4 is 9.47 Å². The van der Waals surface area contributed by atoms with E-state index in [0.717, 1.165) is 17.0 Å². The zero-order valence-corrected chi connectivity index (χ0v) is 11.6. The molecule has 1 aliphatic rings. The number of carboxylic acid groups (broad SMARTS) is 1. The van der Waals surface area contributed by atoms with Crippen molar-refractivity contribution in [3.63, 3.8) is 0 Å². The molecule has 0 unspecified atom stereocenters. The molecule has 0 spiro atoms. The van der Waals surface area contributed by atoms with E-state index in [9.17, 15) is 4.79 Å². The number of nitrogens with zero attached hydrogens (tertiary/aromatic N) is 2. The number of ether oxygens (including phenoxy) is 2. The van der Waals surface area contributed by atoms with Crippen molar-refractivity contribution in [2.45, 2.75) is 0 Å². The summed E-state index contributed by atoms with van der Waals surface area (Å²) in [6.45, 7) is 1.09. The van der Waals surface area contributed by atoms with E-state index in [2.05, 4.69) is 4.98 Å². The average molecular weight is 302 g/mol. The largest absolute Gasteiger partial charge is 0.486 e. The minimum absolute atomic E-state index is 0.0423. The molecule has 7 heteroatoms. The Morgan fingerprint density at radius 1 is 1.29 bits per heavy atom. The second kappa shape index (κ2) is 4.49. The third-order valence-corrected chi connectivity index (χ3v) is 4.11. The number of carboxylic acids is 1. The van der Waals surface area contributed by atoms with E-state index in [1.807, 2.05) is 23.6 Å². The summed E-state index contributed by atoms with van der Waals surface area (Å²) in [6.07, 6.45) is 1.53. The molecular weight excluding hydrogens is 292 g/mol. The second-order valence-electron chi connectivity index (χ2n) is 4.56. The van der Waals surface area contributed by atoms with Crippen LogP contribution in [0.3, 0.4) is 0 Å². The first kappa shape index (κ1) is 12.2. The van der Waals surface area contributed by atoms with Crippen molar-refractivity contribution in [2.75, 3.05) is 13.2 Å². The Kier molecular flexibility index (Phi) is 2.61. The molecule has 2 aromatic heterocycles. The van der Waals surface area contributed by atoms with Gasteiger partial charge in [-0.25, -0.2) is 9.78 Å². The van der Waals surface area contributed by atoms with Crippen molar-refractivity contribution in [3.05, 3.63) is 35.5 Å². The summed E-state index contributed by atoms with van der Waals surface area (Å²) in [5, 5.41) is 11.0. The summed E-state index contributed by atoms with van der Waals surface area (Å²) in [6, 6.07) is 5.69. The van der Waals surface area contributed by atoms with E-state index >= 15 is 0 Å². The number of fused-ring (bicyclic) bond motifs is 2. The number of aromatic nitrogens is 2.